The number of hydrogen-bond acceptors (Lipinski definition) is 5. The Morgan fingerprint density at radius 1 is 1.40 bits per heavy atom. The minimum Gasteiger partial charge on any atom is -0.422 e. The third-order valence-electron chi connectivity index (χ3n) is 2.58. The van der Waals surface area contributed by atoms with Gasteiger partial charge in [-0.1, -0.05) is 0 Å². The molecule has 2 rings (SSSR count). The second-order valence-corrected chi connectivity index (χ2v) is 3.94. The van der Waals surface area contributed by atoms with Crippen molar-refractivity contribution in [3.05, 3.63) is 11.8 Å². The van der Waals surface area contributed by atoms with Crippen molar-refractivity contribution in [1.82, 2.24) is 10.2 Å². The van der Waals surface area contributed by atoms with Gasteiger partial charge in [-0.2, -0.15) is 0 Å². The first-order valence-corrected chi connectivity index (χ1v) is 5.47. The Labute approximate surface area is 89.0 Å². The summed E-state index contributed by atoms with van der Waals surface area (Å²) >= 11 is 0. The lowest BCUT2D eigenvalue weighted by Gasteiger charge is -2.04. The smallest absolute Gasteiger partial charge is 0.245 e. The Morgan fingerprint density at radius 3 is 2.93 bits per heavy atom. The average Bonchev–Trinajstić information content (AvgIpc) is 2.83. The summed E-state index contributed by atoms with van der Waals surface area (Å²) in [6.45, 7) is 2.71. The Hall–Kier alpha value is -0.940. The average molecular weight is 211 g/mol. The van der Waals surface area contributed by atoms with Gasteiger partial charge in [0.25, 0.3) is 0 Å². The van der Waals surface area contributed by atoms with Crippen LogP contribution in [-0.2, 0) is 11.2 Å². The molecule has 1 aliphatic rings. The third-order valence-corrected chi connectivity index (χ3v) is 2.58. The van der Waals surface area contributed by atoms with Gasteiger partial charge in [0.1, 0.15) is 6.10 Å². The second kappa shape index (κ2) is 4.72. The highest BCUT2D eigenvalue weighted by molar-refractivity contribution is 4.90. The van der Waals surface area contributed by atoms with Crippen LogP contribution < -0.4 is 5.73 Å². The molecule has 5 nitrogen and oxygen atoms in total. The van der Waals surface area contributed by atoms with Crippen molar-refractivity contribution in [2.45, 2.75) is 44.8 Å². The molecule has 0 saturated carbocycles. The summed E-state index contributed by atoms with van der Waals surface area (Å²) in [6.07, 6.45) is 3.97. The van der Waals surface area contributed by atoms with Gasteiger partial charge in [0.15, 0.2) is 0 Å². The molecule has 1 saturated heterocycles. The van der Waals surface area contributed by atoms with Gasteiger partial charge in [0.05, 0.1) is 6.10 Å². The van der Waals surface area contributed by atoms with Gasteiger partial charge in [-0.25, -0.2) is 0 Å². The summed E-state index contributed by atoms with van der Waals surface area (Å²) in [5.41, 5.74) is 5.41. The van der Waals surface area contributed by atoms with E-state index in [2.05, 4.69) is 17.1 Å². The zero-order valence-corrected chi connectivity index (χ0v) is 8.98. The van der Waals surface area contributed by atoms with Crippen LogP contribution in [0, 0.1) is 0 Å². The maximum Gasteiger partial charge on any atom is 0.245 e. The maximum absolute atomic E-state index is 5.64. The molecule has 2 atom stereocenters. The van der Waals surface area contributed by atoms with Crippen LogP contribution in [-0.4, -0.2) is 22.8 Å². The molecule has 0 bridgehead atoms. The predicted octanol–water partition coefficient (Wildman–Crippen LogP) is 1.20. The normalized spacial score (nSPS) is 26.0. The quantitative estimate of drug-likeness (QED) is 0.810. The van der Waals surface area contributed by atoms with Crippen molar-refractivity contribution in [3.8, 4) is 0 Å². The Bertz CT molecular complexity index is 313. The highest BCUT2D eigenvalue weighted by Gasteiger charge is 2.27. The van der Waals surface area contributed by atoms with E-state index in [4.69, 9.17) is 14.9 Å². The summed E-state index contributed by atoms with van der Waals surface area (Å²) < 4.78 is 11.2. The molecule has 5 heteroatoms. The molecule has 2 heterocycles. The molecule has 1 fully saturated rings. The molecule has 1 aliphatic heterocycles. The van der Waals surface area contributed by atoms with Gasteiger partial charge in [-0.05, 0) is 32.7 Å². The van der Waals surface area contributed by atoms with E-state index in [1.165, 1.54) is 0 Å². The molecule has 1 aromatic heterocycles. The summed E-state index contributed by atoms with van der Waals surface area (Å²) in [5, 5.41) is 7.97. The summed E-state index contributed by atoms with van der Waals surface area (Å²) in [7, 11) is 0. The van der Waals surface area contributed by atoms with E-state index in [1.807, 2.05) is 0 Å². The standard InChI is InChI=1S/C10H17N3O2/c1-7-4-5-8(14-7)10-13-12-9(15-10)3-2-6-11/h7-8H,2-6,11H2,1H3. The zero-order valence-electron chi connectivity index (χ0n) is 8.98. The maximum atomic E-state index is 5.64. The fourth-order valence-corrected chi connectivity index (χ4v) is 1.74. The molecule has 0 amide bonds. The van der Waals surface area contributed by atoms with E-state index in [0.29, 0.717) is 24.4 Å². The van der Waals surface area contributed by atoms with Gasteiger partial charge in [-0.15, -0.1) is 10.2 Å². The number of rotatable bonds is 4. The largest absolute Gasteiger partial charge is 0.422 e. The fraction of sp³-hybridized carbons (Fsp3) is 0.800. The van der Waals surface area contributed by atoms with Crippen LogP contribution in [0.2, 0.25) is 0 Å². The lowest BCUT2D eigenvalue weighted by molar-refractivity contribution is 0.0384. The summed E-state index contributed by atoms with van der Waals surface area (Å²) in [4.78, 5) is 0. The molecule has 15 heavy (non-hydrogen) atoms. The summed E-state index contributed by atoms with van der Waals surface area (Å²) in [6, 6.07) is 0. The van der Waals surface area contributed by atoms with Crippen LogP contribution >= 0.6 is 0 Å². The molecular weight excluding hydrogens is 194 g/mol. The molecule has 2 unspecified atom stereocenters. The van der Waals surface area contributed by atoms with Crippen molar-refractivity contribution < 1.29 is 9.15 Å². The minimum absolute atomic E-state index is 0.000809. The molecule has 0 aromatic carbocycles. The molecule has 0 aliphatic carbocycles. The Kier molecular flexibility index (Phi) is 3.33. The van der Waals surface area contributed by atoms with Gasteiger partial charge in [-0.3, -0.25) is 0 Å². The van der Waals surface area contributed by atoms with Crippen LogP contribution in [0.4, 0.5) is 0 Å². The van der Waals surface area contributed by atoms with Crippen molar-refractivity contribution >= 4 is 0 Å². The molecule has 2 N–H and O–H groups in total. The second-order valence-electron chi connectivity index (χ2n) is 3.94. The third kappa shape index (κ3) is 2.54. The number of hydrogen-bond donors (Lipinski definition) is 1. The molecule has 0 spiro atoms. The van der Waals surface area contributed by atoms with Gasteiger partial charge < -0.3 is 14.9 Å². The molecule has 0 radical (unpaired) electrons. The highest BCUT2D eigenvalue weighted by atomic mass is 16.5. The van der Waals surface area contributed by atoms with E-state index in [9.17, 15) is 0 Å². The zero-order chi connectivity index (χ0) is 10.7. The topological polar surface area (TPSA) is 74.2 Å². The first kappa shape index (κ1) is 10.6. The van der Waals surface area contributed by atoms with Crippen LogP contribution in [0.1, 0.15) is 44.1 Å². The predicted molar refractivity (Wildman–Crippen MR) is 54.2 cm³/mol. The lowest BCUT2D eigenvalue weighted by Crippen LogP contribution is -2.01. The van der Waals surface area contributed by atoms with Gasteiger partial charge in [0.2, 0.25) is 11.8 Å². The highest BCUT2D eigenvalue weighted by Crippen LogP contribution is 2.31. The number of aromatic nitrogens is 2. The van der Waals surface area contributed by atoms with Crippen molar-refractivity contribution in [2.24, 2.45) is 5.73 Å². The number of aryl methyl sites for hydroxylation is 1. The van der Waals surface area contributed by atoms with Crippen molar-refractivity contribution in [3.63, 3.8) is 0 Å². The number of nitrogens with zero attached hydrogens (tertiary/aromatic N) is 2. The number of ether oxygens (including phenoxy) is 1. The lowest BCUT2D eigenvalue weighted by atomic mass is 10.2. The first-order chi connectivity index (χ1) is 7.29. The van der Waals surface area contributed by atoms with E-state index in [1.54, 1.807) is 0 Å². The van der Waals surface area contributed by atoms with E-state index >= 15 is 0 Å². The SMILES string of the molecule is CC1CCC(c2nnc(CCCN)o2)O1. The Balaban J connectivity index is 1.94. The summed E-state index contributed by atoms with van der Waals surface area (Å²) in [5.74, 6) is 1.28. The fourth-order valence-electron chi connectivity index (χ4n) is 1.74. The molecular formula is C10H17N3O2. The van der Waals surface area contributed by atoms with E-state index in [0.717, 1.165) is 25.7 Å². The van der Waals surface area contributed by atoms with E-state index in [-0.39, 0.29) is 6.10 Å². The Morgan fingerprint density at radius 2 is 2.27 bits per heavy atom. The van der Waals surface area contributed by atoms with Crippen LogP contribution in [0.15, 0.2) is 4.42 Å². The van der Waals surface area contributed by atoms with Gasteiger partial charge >= 0.3 is 0 Å². The number of nitrogens with two attached hydrogens (primary N) is 1. The van der Waals surface area contributed by atoms with Crippen molar-refractivity contribution in [2.75, 3.05) is 6.54 Å². The van der Waals surface area contributed by atoms with E-state index < -0.39 is 0 Å². The van der Waals surface area contributed by atoms with Crippen molar-refractivity contribution in [1.29, 1.82) is 0 Å². The molecule has 1 aromatic rings. The first-order valence-electron chi connectivity index (χ1n) is 5.47. The van der Waals surface area contributed by atoms with Crippen LogP contribution in [0.25, 0.3) is 0 Å². The monoisotopic (exact) mass is 211 g/mol. The molecule has 84 valence electrons. The van der Waals surface area contributed by atoms with Gasteiger partial charge in [0, 0.05) is 6.42 Å². The van der Waals surface area contributed by atoms with Crippen LogP contribution in [0.5, 0.6) is 0 Å². The minimum atomic E-state index is -0.000809. The van der Waals surface area contributed by atoms with Crippen LogP contribution in [0.3, 0.4) is 0 Å².